The van der Waals surface area contributed by atoms with Gasteiger partial charge in [0, 0.05) is 0 Å². The van der Waals surface area contributed by atoms with Gasteiger partial charge in [-0.3, -0.25) is 0 Å². The van der Waals surface area contributed by atoms with Crippen LogP contribution in [0.25, 0.3) is 0 Å². The molecule has 0 unspecified atom stereocenters. The minimum atomic E-state index is 0.901. The average molecular weight is 231 g/mol. The predicted molar refractivity (Wildman–Crippen MR) is 74.5 cm³/mol. The number of piperidine rings is 1. The summed E-state index contributed by atoms with van der Waals surface area (Å²) in [6.07, 6.45) is 5.17. The highest BCUT2D eigenvalue weighted by molar-refractivity contribution is 5.31. The first-order valence-corrected chi connectivity index (χ1v) is 6.96. The van der Waals surface area contributed by atoms with Crippen LogP contribution in [0.1, 0.15) is 36.5 Å². The van der Waals surface area contributed by atoms with Crippen molar-refractivity contribution in [3.63, 3.8) is 0 Å². The number of benzene rings is 1. The maximum Gasteiger partial charge on any atom is -0.00190 e. The number of rotatable bonds is 3. The van der Waals surface area contributed by atoms with Gasteiger partial charge < -0.3 is 4.90 Å². The molecule has 2 rings (SSSR count). The van der Waals surface area contributed by atoms with E-state index in [1.165, 1.54) is 43.5 Å². The summed E-state index contributed by atoms with van der Waals surface area (Å²) in [7, 11) is 2.23. The van der Waals surface area contributed by atoms with Crippen molar-refractivity contribution >= 4 is 0 Å². The SMILES string of the molecule is CCc1cc(CC2CCN(C)CC2)ccc1C. The van der Waals surface area contributed by atoms with Gasteiger partial charge in [0.1, 0.15) is 0 Å². The Morgan fingerprint density at radius 2 is 1.94 bits per heavy atom. The van der Waals surface area contributed by atoms with Crippen molar-refractivity contribution in [2.45, 2.75) is 39.5 Å². The van der Waals surface area contributed by atoms with Gasteiger partial charge in [0.25, 0.3) is 0 Å². The van der Waals surface area contributed by atoms with E-state index in [-0.39, 0.29) is 0 Å². The van der Waals surface area contributed by atoms with Crippen LogP contribution in [0, 0.1) is 12.8 Å². The van der Waals surface area contributed by atoms with Crippen LogP contribution in [0.3, 0.4) is 0 Å². The zero-order valence-electron chi connectivity index (χ0n) is 11.5. The van der Waals surface area contributed by atoms with E-state index in [1.807, 2.05) is 0 Å². The average Bonchev–Trinajstić information content (AvgIpc) is 2.34. The maximum atomic E-state index is 2.45. The van der Waals surface area contributed by atoms with Crippen LogP contribution in [0.2, 0.25) is 0 Å². The van der Waals surface area contributed by atoms with Crippen molar-refractivity contribution in [3.05, 3.63) is 34.9 Å². The van der Waals surface area contributed by atoms with Crippen molar-refractivity contribution in [2.24, 2.45) is 5.92 Å². The summed E-state index contributed by atoms with van der Waals surface area (Å²) < 4.78 is 0. The van der Waals surface area contributed by atoms with Crippen molar-refractivity contribution in [1.29, 1.82) is 0 Å². The number of aryl methyl sites for hydroxylation is 2. The molecule has 0 radical (unpaired) electrons. The van der Waals surface area contributed by atoms with E-state index < -0.39 is 0 Å². The molecule has 1 aliphatic heterocycles. The summed E-state index contributed by atoms with van der Waals surface area (Å²) >= 11 is 0. The molecule has 1 aromatic rings. The van der Waals surface area contributed by atoms with E-state index in [0.29, 0.717) is 0 Å². The van der Waals surface area contributed by atoms with Gasteiger partial charge in [-0.05, 0) is 75.4 Å². The summed E-state index contributed by atoms with van der Waals surface area (Å²) in [5, 5.41) is 0. The summed E-state index contributed by atoms with van der Waals surface area (Å²) in [6, 6.07) is 7.05. The topological polar surface area (TPSA) is 3.24 Å². The Morgan fingerprint density at radius 3 is 2.59 bits per heavy atom. The van der Waals surface area contributed by atoms with E-state index in [0.717, 1.165) is 12.3 Å². The molecule has 1 aliphatic rings. The molecule has 0 amide bonds. The minimum Gasteiger partial charge on any atom is -0.306 e. The molecule has 0 aliphatic carbocycles. The highest BCUT2D eigenvalue weighted by Gasteiger charge is 2.16. The lowest BCUT2D eigenvalue weighted by atomic mass is 9.89. The van der Waals surface area contributed by atoms with Gasteiger partial charge in [0.15, 0.2) is 0 Å². The standard InChI is InChI=1S/C16H25N/c1-4-16-12-15(6-5-13(16)2)11-14-7-9-17(3)10-8-14/h5-6,12,14H,4,7-11H2,1-3H3. The fourth-order valence-electron chi connectivity index (χ4n) is 2.83. The second-order valence-electron chi connectivity index (χ2n) is 5.57. The Labute approximate surface area is 106 Å². The predicted octanol–water partition coefficient (Wildman–Crippen LogP) is 3.44. The van der Waals surface area contributed by atoms with Crippen LogP contribution in [0.4, 0.5) is 0 Å². The molecule has 0 spiro atoms. The van der Waals surface area contributed by atoms with Crippen LogP contribution in [0.5, 0.6) is 0 Å². The number of nitrogens with zero attached hydrogens (tertiary/aromatic N) is 1. The van der Waals surface area contributed by atoms with E-state index in [4.69, 9.17) is 0 Å². The van der Waals surface area contributed by atoms with Crippen LogP contribution in [-0.2, 0) is 12.8 Å². The Balaban J connectivity index is 1.99. The molecule has 1 heteroatoms. The van der Waals surface area contributed by atoms with Gasteiger partial charge in [-0.25, -0.2) is 0 Å². The van der Waals surface area contributed by atoms with E-state index in [9.17, 15) is 0 Å². The molecule has 17 heavy (non-hydrogen) atoms. The highest BCUT2D eigenvalue weighted by Crippen LogP contribution is 2.22. The molecule has 1 aromatic carbocycles. The Bertz CT molecular complexity index is 362. The molecule has 1 fully saturated rings. The van der Waals surface area contributed by atoms with Gasteiger partial charge >= 0.3 is 0 Å². The molecule has 1 saturated heterocycles. The summed E-state index contributed by atoms with van der Waals surface area (Å²) in [6.45, 7) is 7.02. The lowest BCUT2D eigenvalue weighted by molar-refractivity contribution is 0.219. The molecule has 0 saturated carbocycles. The first-order valence-electron chi connectivity index (χ1n) is 6.96. The number of likely N-dealkylation sites (tertiary alicyclic amines) is 1. The normalized spacial score (nSPS) is 18.5. The first kappa shape index (κ1) is 12.6. The first-order chi connectivity index (χ1) is 8.19. The van der Waals surface area contributed by atoms with Crippen LogP contribution in [0.15, 0.2) is 18.2 Å². The highest BCUT2D eigenvalue weighted by atomic mass is 15.1. The lowest BCUT2D eigenvalue weighted by Gasteiger charge is -2.29. The Kier molecular flexibility index (Phi) is 4.22. The van der Waals surface area contributed by atoms with Crippen LogP contribution >= 0.6 is 0 Å². The molecule has 1 heterocycles. The van der Waals surface area contributed by atoms with E-state index in [2.05, 4.69) is 44.0 Å². The third-order valence-electron chi connectivity index (χ3n) is 4.16. The monoisotopic (exact) mass is 231 g/mol. The molecule has 94 valence electrons. The second kappa shape index (κ2) is 5.68. The molecule has 0 atom stereocenters. The molecule has 0 bridgehead atoms. The Morgan fingerprint density at radius 1 is 1.24 bits per heavy atom. The number of hydrogen-bond acceptors (Lipinski definition) is 1. The van der Waals surface area contributed by atoms with Gasteiger partial charge in [-0.15, -0.1) is 0 Å². The van der Waals surface area contributed by atoms with Gasteiger partial charge in [-0.2, -0.15) is 0 Å². The third-order valence-corrected chi connectivity index (χ3v) is 4.16. The molecule has 0 N–H and O–H groups in total. The largest absolute Gasteiger partial charge is 0.306 e. The smallest absolute Gasteiger partial charge is 0.00190 e. The van der Waals surface area contributed by atoms with Gasteiger partial charge in [0.2, 0.25) is 0 Å². The van der Waals surface area contributed by atoms with Crippen molar-refractivity contribution in [1.82, 2.24) is 4.90 Å². The van der Waals surface area contributed by atoms with E-state index in [1.54, 1.807) is 5.56 Å². The van der Waals surface area contributed by atoms with Crippen molar-refractivity contribution in [2.75, 3.05) is 20.1 Å². The molecule has 0 aromatic heterocycles. The zero-order chi connectivity index (χ0) is 12.3. The minimum absolute atomic E-state index is 0.901. The number of hydrogen-bond donors (Lipinski definition) is 0. The molecular formula is C16H25N. The summed E-state index contributed by atoms with van der Waals surface area (Å²) in [5.41, 5.74) is 4.51. The van der Waals surface area contributed by atoms with Crippen LogP contribution in [-0.4, -0.2) is 25.0 Å². The van der Waals surface area contributed by atoms with E-state index >= 15 is 0 Å². The maximum absolute atomic E-state index is 2.45. The zero-order valence-corrected chi connectivity index (χ0v) is 11.5. The molecular weight excluding hydrogens is 206 g/mol. The summed E-state index contributed by atoms with van der Waals surface area (Å²) in [4.78, 5) is 2.45. The second-order valence-corrected chi connectivity index (χ2v) is 5.57. The third kappa shape index (κ3) is 3.32. The van der Waals surface area contributed by atoms with Crippen molar-refractivity contribution in [3.8, 4) is 0 Å². The lowest BCUT2D eigenvalue weighted by Crippen LogP contribution is -2.30. The fraction of sp³-hybridized carbons (Fsp3) is 0.625. The fourth-order valence-corrected chi connectivity index (χ4v) is 2.83. The summed E-state index contributed by atoms with van der Waals surface area (Å²) in [5.74, 6) is 0.901. The quantitative estimate of drug-likeness (QED) is 0.770. The van der Waals surface area contributed by atoms with Gasteiger partial charge in [0.05, 0.1) is 0 Å². The molecule has 1 nitrogen and oxygen atoms in total. The van der Waals surface area contributed by atoms with Crippen molar-refractivity contribution < 1.29 is 0 Å². The Hall–Kier alpha value is -0.820. The van der Waals surface area contributed by atoms with Gasteiger partial charge in [-0.1, -0.05) is 25.1 Å². The van der Waals surface area contributed by atoms with Crippen LogP contribution < -0.4 is 0 Å².